The Balaban J connectivity index is 0.00000225. The maximum atomic E-state index is 11.5. The Morgan fingerprint density at radius 2 is 2.25 bits per heavy atom. The summed E-state index contributed by atoms with van der Waals surface area (Å²) in [5.41, 5.74) is 0. The lowest BCUT2D eigenvalue weighted by atomic mass is 10.3. The Kier molecular flexibility index (Phi) is 7.21. The highest BCUT2D eigenvalue weighted by Gasteiger charge is 2.10. The summed E-state index contributed by atoms with van der Waals surface area (Å²) in [6.07, 6.45) is 0. The second-order valence-corrected chi connectivity index (χ2v) is 3.65. The van der Waals surface area contributed by atoms with E-state index in [0.29, 0.717) is 6.54 Å². The summed E-state index contributed by atoms with van der Waals surface area (Å²) in [6, 6.07) is 3.34. The van der Waals surface area contributed by atoms with Crippen LogP contribution in [-0.4, -0.2) is 25.0 Å². The standard InChI is InChI=1S/C10H15ClN2O2.ClH/c1-3-12-7(2)6-13-10(14)8-4-5-9(11)15-8;/h4-5,7,12H,3,6H2,1-2H3,(H,13,14);1H/t7-;/m1./s1. The molecule has 0 saturated heterocycles. The average Bonchev–Trinajstić information content (AvgIpc) is 2.62. The number of carbonyl (C=O) groups excluding carboxylic acids is 1. The smallest absolute Gasteiger partial charge is 0.287 e. The van der Waals surface area contributed by atoms with Gasteiger partial charge >= 0.3 is 0 Å². The van der Waals surface area contributed by atoms with E-state index in [1.807, 2.05) is 13.8 Å². The summed E-state index contributed by atoms with van der Waals surface area (Å²) in [6.45, 7) is 5.46. The first-order valence-corrected chi connectivity index (χ1v) is 5.28. The predicted molar refractivity (Wildman–Crippen MR) is 66.4 cm³/mol. The minimum Gasteiger partial charge on any atom is -0.440 e. The topological polar surface area (TPSA) is 54.3 Å². The van der Waals surface area contributed by atoms with Crippen molar-refractivity contribution in [3.8, 4) is 0 Å². The lowest BCUT2D eigenvalue weighted by Crippen LogP contribution is -2.38. The number of halogens is 2. The zero-order valence-corrected chi connectivity index (χ0v) is 10.8. The number of rotatable bonds is 5. The molecule has 92 valence electrons. The van der Waals surface area contributed by atoms with Crippen LogP contribution in [0.15, 0.2) is 16.5 Å². The van der Waals surface area contributed by atoms with Crippen LogP contribution in [0.1, 0.15) is 24.4 Å². The van der Waals surface area contributed by atoms with Crippen LogP contribution in [0.3, 0.4) is 0 Å². The van der Waals surface area contributed by atoms with E-state index in [0.717, 1.165) is 6.54 Å². The summed E-state index contributed by atoms with van der Waals surface area (Å²) in [4.78, 5) is 11.5. The monoisotopic (exact) mass is 266 g/mol. The van der Waals surface area contributed by atoms with E-state index in [1.54, 1.807) is 12.1 Å². The van der Waals surface area contributed by atoms with Crippen molar-refractivity contribution in [2.24, 2.45) is 0 Å². The van der Waals surface area contributed by atoms with E-state index in [4.69, 9.17) is 16.0 Å². The normalized spacial score (nSPS) is 11.7. The highest BCUT2D eigenvalue weighted by Crippen LogP contribution is 2.12. The summed E-state index contributed by atoms with van der Waals surface area (Å²) in [7, 11) is 0. The van der Waals surface area contributed by atoms with Crippen molar-refractivity contribution in [2.75, 3.05) is 13.1 Å². The second kappa shape index (κ2) is 7.54. The van der Waals surface area contributed by atoms with Gasteiger partial charge in [-0.05, 0) is 37.2 Å². The van der Waals surface area contributed by atoms with Crippen LogP contribution < -0.4 is 10.6 Å². The number of carbonyl (C=O) groups is 1. The molecule has 16 heavy (non-hydrogen) atoms. The molecule has 0 unspecified atom stereocenters. The summed E-state index contributed by atoms with van der Waals surface area (Å²) >= 11 is 5.56. The van der Waals surface area contributed by atoms with Crippen molar-refractivity contribution >= 4 is 29.9 Å². The van der Waals surface area contributed by atoms with E-state index in [-0.39, 0.29) is 35.3 Å². The molecule has 1 aromatic rings. The van der Waals surface area contributed by atoms with Gasteiger partial charge in [0, 0.05) is 12.6 Å². The zero-order chi connectivity index (χ0) is 11.3. The van der Waals surface area contributed by atoms with Gasteiger partial charge < -0.3 is 15.1 Å². The van der Waals surface area contributed by atoms with Gasteiger partial charge in [-0.15, -0.1) is 12.4 Å². The SMILES string of the molecule is CCN[C@H](C)CNC(=O)c1ccc(Cl)o1.Cl. The zero-order valence-electron chi connectivity index (χ0n) is 9.25. The third-order valence-corrected chi connectivity index (χ3v) is 2.12. The van der Waals surface area contributed by atoms with Gasteiger partial charge in [0.05, 0.1) is 0 Å². The van der Waals surface area contributed by atoms with E-state index in [1.165, 1.54) is 0 Å². The minimum atomic E-state index is -0.244. The molecule has 4 nitrogen and oxygen atoms in total. The molecule has 0 aromatic carbocycles. The molecule has 1 heterocycles. The molecule has 0 saturated carbocycles. The van der Waals surface area contributed by atoms with Gasteiger partial charge in [-0.2, -0.15) is 0 Å². The van der Waals surface area contributed by atoms with Crippen molar-refractivity contribution in [2.45, 2.75) is 19.9 Å². The Bertz CT molecular complexity index is 328. The Morgan fingerprint density at radius 3 is 2.75 bits per heavy atom. The van der Waals surface area contributed by atoms with Gasteiger partial charge in [0.2, 0.25) is 0 Å². The molecule has 0 aliphatic rings. The molecule has 6 heteroatoms. The van der Waals surface area contributed by atoms with Crippen LogP contribution in [0.4, 0.5) is 0 Å². The molecule has 0 fully saturated rings. The van der Waals surface area contributed by atoms with E-state index in [2.05, 4.69) is 10.6 Å². The predicted octanol–water partition coefficient (Wildman–Crippen LogP) is 2.08. The third kappa shape index (κ3) is 4.88. The molecular weight excluding hydrogens is 251 g/mol. The van der Waals surface area contributed by atoms with Crippen molar-refractivity contribution in [3.63, 3.8) is 0 Å². The number of furan rings is 1. The molecule has 1 rings (SSSR count). The third-order valence-electron chi connectivity index (χ3n) is 1.92. The van der Waals surface area contributed by atoms with Crippen LogP contribution in [0.25, 0.3) is 0 Å². The van der Waals surface area contributed by atoms with Crippen LogP contribution in [0.2, 0.25) is 5.22 Å². The number of hydrogen-bond donors (Lipinski definition) is 2. The van der Waals surface area contributed by atoms with E-state index in [9.17, 15) is 4.79 Å². The van der Waals surface area contributed by atoms with Gasteiger partial charge in [-0.3, -0.25) is 4.79 Å². The van der Waals surface area contributed by atoms with E-state index < -0.39 is 0 Å². The second-order valence-electron chi connectivity index (χ2n) is 3.27. The molecule has 0 aliphatic carbocycles. The summed E-state index contributed by atoms with van der Waals surface area (Å²) in [5.74, 6) is -0.00430. The van der Waals surface area contributed by atoms with Crippen molar-refractivity contribution in [3.05, 3.63) is 23.1 Å². The summed E-state index contributed by atoms with van der Waals surface area (Å²) in [5, 5.41) is 6.15. The average molecular weight is 267 g/mol. The van der Waals surface area contributed by atoms with Gasteiger partial charge in [-0.25, -0.2) is 0 Å². The van der Waals surface area contributed by atoms with Gasteiger partial charge in [0.15, 0.2) is 11.0 Å². The first-order chi connectivity index (χ1) is 7.13. The summed E-state index contributed by atoms with van der Waals surface area (Å²) < 4.78 is 4.97. The van der Waals surface area contributed by atoms with Gasteiger partial charge in [-0.1, -0.05) is 6.92 Å². The molecule has 1 atom stereocenters. The quantitative estimate of drug-likeness (QED) is 0.858. The fourth-order valence-electron chi connectivity index (χ4n) is 1.19. The minimum absolute atomic E-state index is 0. The first-order valence-electron chi connectivity index (χ1n) is 4.90. The lowest BCUT2D eigenvalue weighted by molar-refractivity contribution is 0.0922. The molecule has 0 radical (unpaired) electrons. The van der Waals surface area contributed by atoms with Crippen LogP contribution >= 0.6 is 24.0 Å². The largest absolute Gasteiger partial charge is 0.440 e. The number of nitrogens with one attached hydrogen (secondary N) is 2. The molecule has 0 aliphatic heterocycles. The fraction of sp³-hybridized carbons (Fsp3) is 0.500. The number of hydrogen-bond acceptors (Lipinski definition) is 3. The van der Waals surface area contributed by atoms with Crippen LogP contribution in [0, 0.1) is 0 Å². The lowest BCUT2D eigenvalue weighted by Gasteiger charge is -2.12. The molecule has 0 bridgehead atoms. The molecule has 0 spiro atoms. The molecule has 1 aromatic heterocycles. The van der Waals surface area contributed by atoms with Crippen molar-refractivity contribution in [1.29, 1.82) is 0 Å². The van der Waals surface area contributed by atoms with Gasteiger partial charge in [0.25, 0.3) is 5.91 Å². The van der Waals surface area contributed by atoms with Crippen molar-refractivity contribution < 1.29 is 9.21 Å². The Morgan fingerprint density at radius 1 is 1.56 bits per heavy atom. The van der Waals surface area contributed by atoms with E-state index >= 15 is 0 Å². The molecule has 2 N–H and O–H groups in total. The maximum Gasteiger partial charge on any atom is 0.287 e. The highest BCUT2D eigenvalue weighted by molar-refractivity contribution is 6.29. The maximum absolute atomic E-state index is 11.5. The van der Waals surface area contributed by atoms with Gasteiger partial charge in [0.1, 0.15) is 0 Å². The number of amides is 1. The fourth-order valence-corrected chi connectivity index (χ4v) is 1.34. The van der Waals surface area contributed by atoms with Crippen LogP contribution in [0.5, 0.6) is 0 Å². The molecular formula is C10H16Cl2N2O2. The van der Waals surface area contributed by atoms with Crippen LogP contribution in [-0.2, 0) is 0 Å². The first kappa shape index (κ1) is 15.3. The Labute approximate surface area is 106 Å². The number of likely N-dealkylation sites (N-methyl/N-ethyl adjacent to an activating group) is 1. The molecule has 1 amide bonds. The Hall–Kier alpha value is -0.710. The highest BCUT2D eigenvalue weighted by atomic mass is 35.5. The van der Waals surface area contributed by atoms with Crippen molar-refractivity contribution in [1.82, 2.24) is 10.6 Å².